The highest BCUT2D eigenvalue weighted by molar-refractivity contribution is 5.06. The third kappa shape index (κ3) is 3.06. The molecule has 0 aliphatic heterocycles. The predicted molar refractivity (Wildman–Crippen MR) is 72.9 cm³/mol. The summed E-state index contributed by atoms with van der Waals surface area (Å²) in [5.74, 6) is 1.26. The number of aliphatic hydroxyl groups is 1. The van der Waals surface area contributed by atoms with Crippen molar-refractivity contribution in [2.24, 2.45) is 17.3 Å². The standard InChI is InChI=1S/C16H27NO/c1-13-6-5-9-16(11-13,12-17)15(18)10-14-7-3-2-4-8-14/h13-15,18H,2-11H2,1H3. The Labute approximate surface area is 111 Å². The van der Waals surface area contributed by atoms with Crippen LogP contribution in [-0.2, 0) is 0 Å². The van der Waals surface area contributed by atoms with Crippen molar-refractivity contribution in [2.75, 3.05) is 0 Å². The monoisotopic (exact) mass is 249 g/mol. The van der Waals surface area contributed by atoms with Crippen LogP contribution in [0.15, 0.2) is 0 Å². The highest BCUT2D eigenvalue weighted by Crippen LogP contribution is 2.44. The van der Waals surface area contributed by atoms with Crippen LogP contribution in [0.2, 0.25) is 0 Å². The third-order valence-corrected chi connectivity index (χ3v) is 5.17. The van der Waals surface area contributed by atoms with E-state index in [1.54, 1.807) is 0 Å². The van der Waals surface area contributed by atoms with Gasteiger partial charge in [-0.3, -0.25) is 0 Å². The average molecular weight is 249 g/mol. The molecule has 0 bridgehead atoms. The average Bonchev–Trinajstić information content (AvgIpc) is 2.39. The predicted octanol–water partition coefficient (Wildman–Crippen LogP) is 4.04. The Kier molecular flexibility index (Phi) is 4.67. The van der Waals surface area contributed by atoms with Crippen LogP contribution >= 0.6 is 0 Å². The van der Waals surface area contributed by atoms with Gasteiger partial charge in [0.25, 0.3) is 0 Å². The molecule has 2 fully saturated rings. The summed E-state index contributed by atoms with van der Waals surface area (Å²) in [7, 11) is 0. The van der Waals surface area contributed by atoms with E-state index in [-0.39, 0.29) is 0 Å². The lowest BCUT2D eigenvalue weighted by atomic mass is 9.65. The SMILES string of the molecule is CC1CCCC(C#N)(C(O)CC2CCCCC2)C1. The molecular formula is C16H27NO. The molecule has 2 heteroatoms. The normalized spacial score (nSPS) is 35.9. The fraction of sp³-hybridized carbons (Fsp3) is 0.938. The van der Waals surface area contributed by atoms with Crippen molar-refractivity contribution in [1.82, 2.24) is 0 Å². The van der Waals surface area contributed by atoms with Crippen molar-refractivity contribution in [3.63, 3.8) is 0 Å². The number of hydrogen-bond acceptors (Lipinski definition) is 2. The Bertz CT molecular complexity index is 303. The van der Waals surface area contributed by atoms with E-state index in [0.717, 1.165) is 25.7 Å². The molecule has 0 heterocycles. The minimum absolute atomic E-state index is 0.395. The van der Waals surface area contributed by atoms with E-state index in [9.17, 15) is 10.4 Å². The molecule has 2 nitrogen and oxygen atoms in total. The van der Waals surface area contributed by atoms with Gasteiger partial charge in [0.05, 0.1) is 17.6 Å². The molecule has 2 saturated carbocycles. The van der Waals surface area contributed by atoms with Crippen LogP contribution < -0.4 is 0 Å². The van der Waals surface area contributed by atoms with E-state index in [4.69, 9.17) is 0 Å². The lowest BCUT2D eigenvalue weighted by Gasteiger charge is -2.39. The van der Waals surface area contributed by atoms with E-state index >= 15 is 0 Å². The van der Waals surface area contributed by atoms with Gasteiger partial charge in [-0.15, -0.1) is 0 Å². The molecular weight excluding hydrogens is 222 g/mol. The maximum Gasteiger partial charge on any atom is 0.0834 e. The number of aliphatic hydroxyl groups excluding tert-OH is 1. The van der Waals surface area contributed by atoms with Gasteiger partial charge in [0.15, 0.2) is 0 Å². The van der Waals surface area contributed by atoms with Gasteiger partial charge in [0.2, 0.25) is 0 Å². The topological polar surface area (TPSA) is 44.0 Å². The first kappa shape index (κ1) is 13.9. The van der Waals surface area contributed by atoms with Crippen molar-refractivity contribution in [3.05, 3.63) is 0 Å². The molecule has 3 atom stereocenters. The number of hydrogen-bond donors (Lipinski definition) is 1. The van der Waals surface area contributed by atoms with Crippen LogP contribution in [0.25, 0.3) is 0 Å². The molecule has 0 saturated heterocycles. The summed E-state index contributed by atoms with van der Waals surface area (Å²) in [5, 5.41) is 20.1. The van der Waals surface area contributed by atoms with Crippen LogP contribution in [0.5, 0.6) is 0 Å². The fourth-order valence-corrected chi connectivity index (χ4v) is 4.03. The van der Waals surface area contributed by atoms with E-state index < -0.39 is 11.5 Å². The first-order chi connectivity index (χ1) is 8.66. The van der Waals surface area contributed by atoms with E-state index in [0.29, 0.717) is 11.8 Å². The fourth-order valence-electron chi connectivity index (χ4n) is 4.03. The number of nitrogens with zero attached hydrogens (tertiary/aromatic N) is 1. The Balaban J connectivity index is 1.96. The molecule has 2 rings (SSSR count). The van der Waals surface area contributed by atoms with Crippen LogP contribution in [0.1, 0.15) is 71.1 Å². The van der Waals surface area contributed by atoms with Gasteiger partial charge in [0, 0.05) is 0 Å². The minimum Gasteiger partial charge on any atom is -0.391 e. The van der Waals surface area contributed by atoms with Crippen molar-refractivity contribution in [2.45, 2.75) is 77.2 Å². The van der Waals surface area contributed by atoms with Gasteiger partial charge in [-0.2, -0.15) is 5.26 Å². The van der Waals surface area contributed by atoms with Crippen LogP contribution in [0, 0.1) is 28.6 Å². The molecule has 3 unspecified atom stereocenters. The maximum atomic E-state index is 10.6. The Morgan fingerprint density at radius 1 is 1.22 bits per heavy atom. The molecule has 0 aromatic heterocycles. The molecule has 18 heavy (non-hydrogen) atoms. The highest BCUT2D eigenvalue weighted by Gasteiger charge is 2.42. The Morgan fingerprint density at radius 3 is 2.56 bits per heavy atom. The molecule has 1 N–H and O–H groups in total. The third-order valence-electron chi connectivity index (χ3n) is 5.17. The molecule has 0 radical (unpaired) electrons. The molecule has 2 aliphatic carbocycles. The smallest absolute Gasteiger partial charge is 0.0834 e. The summed E-state index contributed by atoms with van der Waals surface area (Å²) >= 11 is 0. The van der Waals surface area contributed by atoms with Crippen LogP contribution in [0.4, 0.5) is 0 Å². The van der Waals surface area contributed by atoms with Crippen LogP contribution in [-0.4, -0.2) is 11.2 Å². The zero-order valence-electron chi connectivity index (χ0n) is 11.7. The summed E-state index contributed by atoms with van der Waals surface area (Å²) < 4.78 is 0. The zero-order valence-corrected chi connectivity index (χ0v) is 11.7. The summed E-state index contributed by atoms with van der Waals surface area (Å²) in [6, 6.07) is 2.49. The molecule has 2 aliphatic rings. The zero-order chi connectivity index (χ0) is 13.0. The highest BCUT2D eigenvalue weighted by atomic mass is 16.3. The molecule has 0 aromatic carbocycles. The molecule has 0 spiro atoms. The van der Waals surface area contributed by atoms with E-state index in [2.05, 4.69) is 13.0 Å². The molecule has 102 valence electrons. The summed E-state index contributed by atoms with van der Waals surface area (Å²) in [6.07, 6.45) is 11.1. The van der Waals surface area contributed by atoms with Crippen molar-refractivity contribution in [3.8, 4) is 6.07 Å². The van der Waals surface area contributed by atoms with Crippen molar-refractivity contribution >= 4 is 0 Å². The van der Waals surface area contributed by atoms with Gasteiger partial charge in [-0.1, -0.05) is 51.9 Å². The first-order valence-electron chi connectivity index (χ1n) is 7.75. The van der Waals surface area contributed by atoms with Crippen molar-refractivity contribution < 1.29 is 5.11 Å². The van der Waals surface area contributed by atoms with Gasteiger partial charge < -0.3 is 5.11 Å². The minimum atomic E-state index is -0.435. The second kappa shape index (κ2) is 6.06. The van der Waals surface area contributed by atoms with Gasteiger partial charge in [-0.05, 0) is 31.1 Å². The number of nitriles is 1. The quantitative estimate of drug-likeness (QED) is 0.820. The second-order valence-corrected chi connectivity index (χ2v) is 6.73. The lowest BCUT2D eigenvalue weighted by molar-refractivity contribution is 0.00308. The lowest BCUT2D eigenvalue weighted by Crippen LogP contribution is -2.39. The largest absolute Gasteiger partial charge is 0.391 e. The van der Waals surface area contributed by atoms with Gasteiger partial charge >= 0.3 is 0 Å². The van der Waals surface area contributed by atoms with E-state index in [1.165, 1.54) is 38.5 Å². The van der Waals surface area contributed by atoms with Crippen molar-refractivity contribution in [1.29, 1.82) is 5.26 Å². The Morgan fingerprint density at radius 2 is 1.94 bits per heavy atom. The summed E-state index contributed by atoms with van der Waals surface area (Å²) in [4.78, 5) is 0. The second-order valence-electron chi connectivity index (χ2n) is 6.73. The summed E-state index contributed by atoms with van der Waals surface area (Å²) in [5.41, 5.74) is -0.435. The maximum absolute atomic E-state index is 10.6. The summed E-state index contributed by atoms with van der Waals surface area (Å²) in [6.45, 7) is 2.22. The first-order valence-corrected chi connectivity index (χ1v) is 7.75. The van der Waals surface area contributed by atoms with Gasteiger partial charge in [0.1, 0.15) is 0 Å². The van der Waals surface area contributed by atoms with E-state index in [1.807, 2.05) is 0 Å². The van der Waals surface area contributed by atoms with Gasteiger partial charge in [-0.25, -0.2) is 0 Å². The molecule has 0 amide bonds. The number of rotatable bonds is 3. The Hall–Kier alpha value is -0.550. The molecule has 0 aromatic rings. The van der Waals surface area contributed by atoms with Crippen LogP contribution in [0.3, 0.4) is 0 Å².